The quantitative estimate of drug-likeness (QED) is 0.0948. The number of aliphatic hydroxyl groups is 1. The molecule has 1 saturated heterocycles. The minimum Gasteiger partial charge on any atom is -0.458 e. The standard InChI is InChI=1S/C33H56N2O5S/c1-9-13-22(3)30(37)26(14-11-12-19-34)31(38)32(6,7)18-17-29(36)39-27(15-16-28-33(8,10-2)40-28)23(4)20-25-21-41-24(5)35-25/h20-22,26-28,30,37H,9-19,34H2,1-8H3/b23-20+/t22-,26+,27-,28-,30-,33+/m0/s1. The molecule has 234 valence electrons. The Bertz CT molecular complexity index is 1010. The monoisotopic (exact) mass is 592 g/mol. The molecule has 1 fully saturated rings. The SMILES string of the molecule is CCC[C@H](C)[C@H](O)[C@@H](CCCCN)C(=O)C(C)(C)CCC(=O)O[C@@H](CC[C@@H]1O[C@]1(C)CC)/C(C)=C/c1csc(C)n1. The summed E-state index contributed by atoms with van der Waals surface area (Å²) in [6.07, 6.45) is 8.10. The first-order valence-corrected chi connectivity index (χ1v) is 16.6. The summed E-state index contributed by atoms with van der Waals surface area (Å²) in [5, 5.41) is 14.1. The van der Waals surface area contributed by atoms with Crippen LogP contribution in [0.5, 0.6) is 0 Å². The van der Waals surface area contributed by atoms with E-state index in [0.29, 0.717) is 25.8 Å². The fourth-order valence-corrected chi connectivity index (χ4v) is 6.24. The summed E-state index contributed by atoms with van der Waals surface area (Å²) < 4.78 is 11.9. The highest BCUT2D eigenvalue weighted by molar-refractivity contribution is 7.09. The maximum Gasteiger partial charge on any atom is 0.306 e. The van der Waals surface area contributed by atoms with Crippen molar-refractivity contribution in [2.45, 2.75) is 144 Å². The van der Waals surface area contributed by atoms with Gasteiger partial charge < -0.3 is 20.3 Å². The third-order valence-corrected chi connectivity index (χ3v) is 9.68. The zero-order valence-corrected chi connectivity index (χ0v) is 27.6. The summed E-state index contributed by atoms with van der Waals surface area (Å²) in [6.45, 7) is 16.7. The van der Waals surface area contributed by atoms with E-state index in [9.17, 15) is 14.7 Å². The molecule has 8 heteroatoms. The van der Waals surface area contributed by atoms with Gasteiger partial charge in [-0.05, 0) is 89.8 Å². The predicted octanol–water partition coefficient (Wildman–Crippen LogP) is 7.03. The normalized spacial score (nSPS) is 22.2. The van der Waals surface area contributed by atoms with Crippen molar-refractivity contribution in [3.05, 3.63) is 21.7 Å². The van der Waals surface area contributed by atoms with Crippen LogP contribution in [-0.2, 0) is 19.1 Å². The number of nitrogens with two attached hydrogens (primary N) is 1. The van der Waals surface area contributed by atoms with Crippen molar-refractivity contribution < 1.29 is 24.2 Å². The number of thiazole rings is 1. The van der Waals surface area contributed by atoms with Gasteiger partial charge in [0.15, 0.2) is 0 Å². The van der Waals surface area contributed by atoms with Crippen LogP contribution in [0.25, 0.3) is 6.08 Å². The molecule has 0 aromatic carbocycles. The Hall–Kier alpha value is -1.61. The van der Waals surface area contributed by atoms with Crippen molar-refractivity contribution in [1.29, 1.82) is 0 Å². The summed E-state index contributed by atoms with van der Waals surface area (Å²) >= 11 is 1.59. The van der Waals surface area contributed by atoms with Crippen LogP contribution in [0, 0.1) is 24.2 Å². The molecule has 0 bridgehead atoms. The van der Waals surface area contributed by atoms with Crippen LogP contribution in [0.2, 0.25) is 0 Å². The molecular formula is C33H56N2O5S. The Balaban J connectivity index is 2.08. The molecule has 0 unspecified atom stereocenters. The lowest BCUT2D eigenvalue weighted by Gasteiger charge is -2.33. The van der Waals surface area contributed by atoms with Gasteiger partial charge in [0.1, 0.15) is 11.9 Å². The number of carbonyl (C=O) groups is 2. The van der Waals surface area contributed by atoms with Gasteiger partial charge in [-0.2, -0.15) is 0 Å². The third-order valence-electron chi connectivity index (χ3n) is 8.89. The molecule has 2 heterocycles. The lowest BCUT2D eigenvalue weighted by molar-refractivity contribution is -0.149. The number of hydrogen-bond acceptors (Lipinski definition) is 8. The molecule has 1 aromatic rings. The molecule has 0 amide bonds. The van der Waals surface area contributed by atoms with Crippen molar-refractivity contribution >= 4 is 29.2 Å². The number of aliphatic hydroxyl groups excluding tert-OH is 1. The van der Waals surface area contributed by atoms with Gasteiger partial charge in [0.2, 0.25) is 0 Å². The molecule has 0 saturated carbocycles. The number of Topliss-reactive ketones (excluding diaryl/α,β-unsaturated/α-hetero) is 1. The second-order valence-corrected chi connectivity index (χ2v) is 14.0. The summed E-state index contributed by atoms with van der Waals surface area (Å²) in [6, 6.07) is 0. The van der Waals surface area contributed by atoms with Gasteiger partial charge in [-0.1, -0.05) is 47.5 Å². The van der Waals surface area contributed by atoms with Gasteiger partial charge in [0, 0.05) is 23.1 Å². The molecular weight excluding hydrogens is 536 g/mol. The molecule has 1 aromatic heterocycles. The fraction of sp³-hybridized carbons (Fsp3) is 0.788. The van der Waals surface area contributed by atoms with Crippen molar-refractivity contribution in [2.75, 3.05) is 6.54 Å². The Kier molecular flexibility index (Phi) is 14.1. The van der Waals surface area contributed by atoms with Crippen LogP contribution in [0.4, 0.5) is 0 Å². The van der Waals surface area contributed by atoms with E-state index in [1.807, 2.05) is 46.1 Å². The number of ketones is 1. The predicted molar refractivity (Wildman–Crippen MR) is 168 cm³/mol. The van der Waals surface area contributed by atoms with E-state index in [1.54, 1.807) is 11.3 Å². The van der Waals surface area contributed by atoms with Crippen LogP contribution < -0.4 is 5.73 Å². The van der Waals surface area contributed by atoms with Gasteiger partial charge in [-0.25, -0.2) is 4.98 Å². The minimum absolute atomic E-state index is 0.0223. The van der Waals surface area contributed by atoms with Crippen LogP contribution in [0.1, 0.15) is 123 Å². The first kappa shape index (κ1) is 35.6. The highest BCUT2D eigenvalue weighted by Gasteiger charge is 2.50. The molecule has 7 nitrogen and oxygen atoms in total. The average molecular weight is 593 g/mol. The van der Waals surface area contributed by atoms with E-state index in [1.165, 1.54) is 0 Å². The second kappa shape index (κ2) is 16.3. The molecule has 0 spiro atoms. The Morgan fingerprint density at radius 1 is 1.27 bits per heavy atom. The van der Waals surface area contributed by atoms with Crippen LogP contribution in [0.3, 0.4) is 0 Å². The van der Waals surface area contributed by atoms with Crippen LogP contribution in [0.15, 0.2) is 11.0 Å². The van der Waals surface area contributed by atoms with E-state index in [4.69, 9.17) is 15.2 Å². The van der Waals surface area contributed by atoms with E-state index in [0.717, 1.165) is 54.8 Å². The summed E-state index contributed by atoms with van der Waals surface area (Å²) in [5.41, 5.74) is 6.67. The maximum atomic E-state index is 13.8. The Morgan fingerprint density at radius 3 is 2.54 bits per heavy atom. The first-order valence-electron chi connectivity index (χ1n) is 15.7. The highest BCUT2D eigenvalue weighted by atomic mass is 32.1. The lowest BCUT2D eigenvalue weighted by Crippen LogP contribution is -2.40. The van der Waals surface area contributed by atoms with E-state index >= 15 is 0 Å². The number of aromatic nitrogens is 1. The zero-order valence-electron chi connectivity index (χ0n) is 26.8. The highest BCUT2D eigenvalue weighted by Crippen LogP contribution is 2.42. The summed E-state index contributed by atoms with van der Waals surface area (Å²) in [4.78, 5) is 31.5. The number of rotatable bonds is 20. The van der Waals surface area contributed by atoms with Gasteiger partial charge >= 0.3 is 5.97 Å². The number of nitrogens with zero attached hydrogens (tertiary/aromatic N) is 1. The molecule has 0 aliphatic carbocycles. The minimum atomic E-state index is -0.761. The number of esters is 1. The maximum absolute atomic E-state index is 13.8. The van der Waals surface area contributed by atoms with Gasteiger partial charge in [-0.3, -0.25) is 9.59 Å². The first-order chi connectivity index (χ1) is 19.3. The van der Waals surface area contributed by atoms with Crippen molar-refractivity contribution in [2.24, 2.45) is 23.0 Å². The molecule has 6 atom stereocenters. The lowest BCUT2D eigenvalue weighted by atomic mass is 9.72. The number of ether oxygens (including phenoxy) is 2. The fourth-order valence-electron chi connectivity index (χ4n) is 5.67. The smallest absolute Gasteiger partial charge is 0.306 e. The number of aryl methyl sites for hydroxylation is 1. The molecule has 41 heavy (non-hydrogen) atoms. The molecule has 1 aliphatic rings. The van der Waals surface area contributed by atoms with Crippen molar-refractivity contribution in [1.82, 2.24) is 4.98 Å². The van der Waals surface area contributed by atoms with Crippen LogP contribution in [-0.4, -0.2) is 52.3 Å². The van der Waals surface area contributed by atoms with E-state index in [-0.39, 0.29) is 41.9 Å². The topological polar surface area (TPSA) is 115 Å². The molecule has 0 radical (unpaired) electrons. The number of carbonyl (C=O) groups excluding carboxylic acids is 2. The second-order valence-electron chi connectivity index (χ2n) is 12.9. The molecule has 1 aliphatic heterocycles. The van der Waals surface area contributed by atoms with Gasteiger partial charge in [-0.15, -0.1) is 11.3 Å². The largest absolute Gasteiger partial charge is 0.458 e. The third kappa shape index (κ3) is 10.9. The average Bonchev–Trinajstić information content (AvgIpc) is 3.41. The van der Waals surface area contributed by atoms with E-state index < -0.39 is 17.4 Å². The molecule has 2 rings (SSSR count). The van der Waals surface area contributed by atoms with Crippen LogP contribution >= 0.6 is 11.3 Å². The Labute approximate surface area is 252 Å². The Morgan fingerprint density at radius 2 is 1.98 bits per heavy atom. The number of epoxide rings is 1. The molecule has 3 N–H and O–H groups in total. The van der Waals surface area contributed by atoms with E-state index in [2.05, 4.69) is 25.8 Å². The summed E-state index contributed by atoms with van der Waals surface area (Å²) in [5.74, 6) is -0.712. The van der Waals surface area contributed by atoms with Gasteiger partial charge in [0.25, 0.3) is 0 Å². The number of hydrogen-bond donors (Lipinski definition) is 2. The summed E-state index contributed by atoms with van der Waals surface area (Å²) in [7, 11) is 0. The van der Waals surface area contributed by atoms with Gasteiger partial charge in [0.05, 0.1) is 28.5 Å². The zero-order chi connectivity index (χ0) is 30.8. The van der Waals surface area contributed by atoms with Crippen molar-refractivity contribution in [3.8, 4) is 0 Å². The number of unbranched alkanes of at least 4 members (excludes halogenated alkanes) is 1. The van der Waals surface area contributed by atoms with Crippen molar-refractivity contribution in [3.63, 3.8) is 0 Å².